The summed E-state index contributed by atoms with van der Waals surface area (Å²) >= 11 is 0. The summed E-state index contributed by atoms with van der Waals surface area (Å²) in [5, 5.41) is 98.2. The van der Waals surface area contributed by atoms with Crippen LogP contribution < -0.4 is 10.6 Å². The monoisotopic (exact) mass is 728 g/mol. The number of unbranched alkanes of at least 4 members (excludes halogenated alkanes) is 3. The molecule has 1 unspecified atom stereocenters. The summed E-state index contributed by atoms with van der Waals surface area (Å²) in [6, 6.07) is -1.33. The zero-order chi connectivity index (χ0) is 37.1. The predicted octanol–water partition coefficient (Wildman–Crippen LogP) is -3.97. The van der Waals surface area contributed by atoms with E-state index in [0.717, 1.165) is 32.6 Å². The van der Waals surface area contributed by atoms with Crippen molar-refractivity contribution in [1.29, 1.82) is 0 Å². The van der Waals surface area contributed by atoms with Crippen molar-refractivity contribution in [2.24, 2.45) is 0 Å². The first-order valence-corrected chi connectivity index (χ1v) is 17.1. The minimum Gasteiger partial charge on any atom is -0.481 e. The highest BCUT2D eigenvalue weighted by Gasteiger charge is 2.54. The zero-order valence-corrected chi connectivity index (χ0v) is 28.6. The van der Waals surface area contributed by atoms with Crippen LogP contribution in [-0.4, -0.2) is 182 Å². The Kier molecular flexibility index (Phi) is 17.6. The number of amides is 1. The Balaban J connectivity index is 1.78. The van der Waals surface area contributed by atoms with Gasteiger partial charge in [0.25, 0.3) is 0 Å². The molecule has 0 aromatic heterocycles. The Hall–Kier alpha value is -1.66. The van der Waals surface area contributed by atoms with E-state index >= 15 is 0 Å². The maximum Gasteiger partial charge on any atom is 0.303 e. The zero-order valence-electron chi connectivity index (χ0n) is 28.6. The molecule has 1 amide bonds. The second-order valence-electron chi connectivity index (χ2n) is 13.1. The van der Waals surface area contributed by atoms with E-state index in [1.165, 1.54) is 6.92 Å². The summed E-state index contributed by atoms with van der Waals surface area (Å²) < 4.78 is 35.3. The highest BCUT2D eigenvalue weighted by Crippen LogP contribution is 2.33. The first kappa shape index (κ1) is 42.8. The fourth-order valence-corrected chi connectivity index (χ4v) is 6.16. The van der Waals surface area contributed by atoms with E-state index < -0.39 is 117 Å². The molecule has 3 fully saturated rings. The molecule has 3 saturated heterocycles. The molecule has 3 aliphatic heterocycles. The molecule has 0 aromatic rings. The van der Waals surface area contributed by atoms with Gasteiger partial charge in [-0.05, 0) is 26.7 Å². The van der Waals surface area contributed by atoms with Crippen LogP contribution in [-0.2, 0) is 38.0 Å². The molecule has 0 bridgehead atoms. The van der Waals surface area contributed by atoms with Crippen LogP contribution in [0.3, 0.4) is 0 Å². The van der Waals surface area contributed by atoms with Gasteiger partial charge in [-0.25, -0.2) is 0 Å². The maximum atomic E-state index is 12.0. The van der Waals surface area contributed by atoms with Gasteiger partial charge < -0.3 is 85.0 Å². The van der Waals surface area contributed by atoms with Gasteiger partial charge in [0, 0.05) is 25.9 Å². The molecule has 3 rings (SSSR count). The van der Waals surface area contributed by atoms with Gasteiger partial charge >= 0.3 is 5.97 Å². The van der Waals surface area contributed by atoms with Crippen molar-refractivity contribution in [3.63, 3.8) is 0 Å². The number of carboxylic acid groups (broad SMARTS) is 1. The number of carbonyl (C=O) groups excluding carboxylic acids is 1. The fraction of sp³-hybridized carbons (Fsp3) is 0.935. The fourth-order valence-electron chi connectivity index (χ4n) is 6.16. The summed E-state index contributed by atoms with van der Waals surface area (Å²) in [5.74, 6) is -1.44. The number of aliphatic hydroxyl groups excluding tert-OH is 8. The minimum absolute atomic E-state index is 0.00615. The van der Waals surface area contributed by atoms with E-state index in [4.69, 9.17) is 33.5 Å². The van der Waals surface area contributed by atoms with E-state index in [2.05, 4.69) is 10.6 Å². The third-order valence-electron chi connectivity index (χ3n) is 9.09. The second-order valence-corrected chi connectivity index (χ2v) is 13.1. The summed E-state index contributed by atoms with van der Waals surface area (Å²) in [7, 11) is 0. The largest absolute Gasteiger partial charge is 0.481 e. The van der Waals surface area contributed by atoms with Crippen LogP contribution in [0.5, 0.6) is 0 Å². The maximum absolute atomic E-state index is 12.0. The number of ether oxygens (including phenoxy) is 6. The van der Waals surface area contributed by atoms with E-state index in [1.807, 2.05) is 6.92 Å². The van der Waals surface area contributed by atoms with Gasteiger partial charge in [0.1, 0.15) is 67.1 Å². The van der Waals surface area contributed by atoms with Crippen molar-refractivity contribution in [1.82, 2.24) is 10.6 Å². The van der Waals surface area contributed by atoms with Crippen LogP contribution in [0.25, 0.3) is 0 Å². The number of carboxylic acids is 1. The Morgan fingerprint density at radius 3 is 2.00 bits per heavy atom. The molecule has 0 saturated carbocycles. The first-order valence-electron chi connectivity index (χ1n) is 17.1. The average molecular weight is 729 g/mol. The van der Waals surface area contributed by atoms with Gasteiger partial charge in [0.2, 0.25) is 5.91 Å². The van der Waals surface area contributed by atoms with Crippen molar-refractivity contribution in [3.8, 4) is 0 Å². The lowest BCUT2D eigenvalue weighted by Gasteiger charge is -2.49. The van der Waals surface area contributed by atoms with Gasteiger partial charge in [-0.3, -0.25) is 9.59 Å². The Bertz CT molecular complexity index is 1030. The number of hydrogen-bond donors (Lipinski definition) is 11. The standard InChI is InChI=1S/C31H56N2O17/c1-14(8-6-4-5-7-9-19(37)38)32-10-11-45-31-28(50-30-26(44)25(43)21(39)15(2)46-30)27(23(41)18(13-35)48-31)49-29-20(33-16(3)36)24(42)22(40)17(12-34)47-29/h14-15,17-18,20-32,34-35,39-44H,4-13H2,1-3H3,(H,33,36)(H,37,38)/t14?,15-,17+,18+,20+,21+,22-,23-,24+,25+,26-,27-,28+,29+,30-,31+/m0/s1. The van der Waals surface area contributed by atoms with Crippen LogP contribution in [0.1, 0.15) is 59.3 Å². The summed E-state index contributed by atoms with van der Waals surface area (Å²) in [4.78, 5) is 22.7. The normalized spacial score (nSPS) is 39.9. The van der Waals surface area contributed by atoms with Gasteiger partial charge in [0.15, 0.2) is 18.9 Å². The van der Waals surface area contributed by atoms with Crippen LogP contribution in [0, 0.1) is 0 Å². The van der Waals surface area contributed by atoms with Crippen LogP contribution in [0.15, 0.2) is 0 Å². The topological polar surface area (TPSA) is 296 Å². The highest BCUT2D eigenvalue weighted by atomic mass is 16.8. The van der Waals surface area contributed by atoms with Crippen LogP contribution in [0.4, 0.5) is 0 Å². The number of nitrogens with one attached hydrogen (secondary N) is 2. The molecular formula is C31H56N2O17. The van der Waals surface area contributed by atoms with Crippen molar-refractivity contribution in [2.45, 2.75) is 157 Å². The number of aliphatic hydroxyl groups is 8. The smallest absolute Gasteiger partial charge is 0.303 e. The van der Waals surface area contributed by atoms with Gasteiger partial charge in [0.05, 0.1) is 25.9 Å². The van der Waals surface area contributed by atoms with Gasteiger partial charge in [-0.1, -0.05) is 19.3 Å². The number of carbonyl (C=O) groups is 2. The molecule has 292 valence electrons. The number of aliphatic carboxylic acids is 1. The quantitative estimate of drug-likeness (QED) is 0.0565. The molecule has 50 heavy (non-hydrogen) atoms. The van der Waals surface area contributed by atoms with E-state index in [0.29, 0.717) is 13.0 Å². The molecule has 19 heteroatoms. The average Bonchev–Trinajstić information content (AvgIpc) is 3.07. The Labute approximate surface area is 290 Å². The lowest BCUT2D eigenvalue weighted by Crippen LogP contribution is -2.69. The van der Waals surface area contributed by atoms with E-state index in [9.17, 15) is 50.4 Å². The summed E-state index contributed by atoms with van der Waals surface area (Å²) in [6.45, 7) is 3.41. The van der Waals surface area contributed by atoms with E-state index in [1.54, 1.807) is 0 Å². The van der Waals surface area contributed by atoms with Crippen LogP contribution >= 0.6 is 0 Å². The molecule has 11 N–H and O–H groups in total. The van der Waals surface area contributed by atoms with Crippen LogP contribution in [0.2, 0.25) is 0 Å². The van der Waals surface area contributed by atoms with Crippen molar-refractivity contribution < 1.29 is 84.0 Å². The van der Waals surface area contributed by atoms with E-state index in [-0.39, 0.29) is 19.1 Å². The molecule has 3 aliphatic rings. The highest BCUT2D eigenvalue weighted by molar-refractivity contribution is 5.73. The molecule has 0 aliphatic carbocycles. The number of hydrogen-bond acceptors (Lipinski definition) is 17. The van der Waals surface area contributed by atoms with Gasteiger partial charge in [-0.15, -0.1) is 0 Å². The minimum atomic E-state index is -1.78. The molecule has 3 heterocycles. The SMILES string of the molecule is CC(=O)N[C@H]1[C@@H](O[C@H]2[C@@H](O)[C@@H](CO)O[C@@H](OCCNC(C)CCCCCCC(=O)O)[C@@H]2O[C@@H]2O[C@@H](C)[C@@H](O)[C@@H](O)[C@@H]2O)O[C@H](CO)[C@H](O)[C@@H]1O. The van der Waals surface area contributed by atoms with Gasteiger partial charge in [-0.2, -0.15) is 0 Å². The Morgan fingerprint density at radius 2 is 1.36 bits per heavy atom. The molecular weight excluding hydrogens is 672 g/mol. The van der Waals surface area contributed by atoms with Crippen molar-refractivity contribution in [3.05, 3.63) is 0 Å². The third kappa shape index (κ3) is 11.7. The molecule has 0 aromatic carbocycles. The predicted molar refractivity (Wildman–Crippen MR) is 168 cm³/mol. The first-order chi connectivity index (χ1) is 23.7. The lowest BCUT2D eigenvalue weighted by molar-refractivity contribution is -0.385. The summed E-state index contributed by atoms with van der Waals surface area (Å²) in [5.41, 5.74) is 0. The second kappa shape index (κ2) is 20.5. The third-order valence-corrected chi connectivity index (χ3v) is 9.09. The Morgan fingerprint density at radius 1 is 0.740 bits per heavy atom. The summed E-state index contributed by atoms with van der Waals surface area (Å²) in [6.07, 6.45) is -17.2. The number of rotatable bonds is 19. The lowest BCUT2D eigenvalue weighted by atomic mass is 9.95. The van der Waals surface area contributed by atoms with Crippen molar-refractivity contribution >= 4 is 11.9 Å². The molecule has 16 atom stereocenters. The molecule has 19 nitrogen and oxygen atoms in total. The molecule has 0 radical (unpaired) electrons. The van der Waals surface area contributed by atoms with Crippen molar-refractivity contribution in [2.75, 3.05) is 26.4 Å². The molecule has 0 spiro atoms.